The van der Waals surface area contributed by atoms with Crippen LogP contribution in [0.25, 0.3) is 0 Å². The van der Waals surface area contributed by atoms with Gasteiger partial charge in [-0.3, -0.25) is 4.79 Å². The number of carbonyl (C=O) groups is 1. The van der Waals surface area contributed by atoms with Crippen LogP contribution in [-0.2, 0) is 4.79 Å². The third-order valence-electron chi connectivity index (χ3n) is 4.35. The Morgan fingerprint density at radius 2 is 1.93 bits per heavy atom. The fourth-order valence-corrected chi connectivity index (χ4v) is 2.91. The molecule has 0 saturated carbocycles. The zero-order valence-corrected chi connectivity index (χ0v) is 19.3. The van der Waals surface area contributed by atoms with E-state index in [1.165, 1.54) is 12.8 Å². The standard InChI is InChI=1S/C23H29BrN2O4/c1-4-5-6-7-12-29-21-11-8-18(14-22(21)28-3)15-25-26-23(27)16-30-19-9-10-20(24)17(2)13-19/h8-11,13-15H,4-7,12,16H2,1-3H3,(H,26,27)/b25-15+. The number of ether oxygens (including phenoxy) is 3. The fraction of sp³-hybridized carbons (Fsp3) is 0.391. The summed E-state index contributed by atoms with van der Waals surface area (Å²) in [6, 6.07) is 11.1. The summed E-state index contributed by atoms with van der Waals surface area (Å²) < 4.78 is 17.7. The molecule has 2 aromatic carbocycles. The van der Waals surface area contributed by atoms with Crippen molar-refractivity contribution in [2.45, 2.75) is 39.5 Å². The Hall–Kier alpha value is -2.54. The highest BCUT2D eigenvalue weighted by Crippen LogP contribution is 2.28. The van der Waals surface area contributed by atoms with Crippen molar-refractivity contribution >= 4 is 28.1 Å². The minimum atomic E-state index is -0.342. The van der Waals surface area contributed by atoms with Crippen LogP contribution < -0.4 is 19.6 Å². The second-order valence-electron chi connectivity index (χ2n) is 6.81. The predicted molar refractivity (Wildman–Crippen MR) is 123 cm³/mol. The van der Waals surface area contributed by atoms with E-state index < -0.39 is 0 Å². The Bertz CT molecular complexity index is 855. The van der Waals surface area contributed by atoms with Crippen LogP contribution in [0.4, 0.5) is 0 Å². The second-order valence-corrected chi connectivity index (χ2v) is 7.67. The molecule has 0 aliphatic carbocycles. The van der Waals surface area contributed by atoms with Gasteiger partial charge in [0.25, 0.3) is 5.91 Å². The number of carbonyl (C=O) groups excluding carboxylic acids is 1. The topological polar surface area (TPSA) is 69.2 Å². The van der Waals surface area contributed by atoms with Crippen molar-refractivity contribution in [1.82, 2.24) is 5.43 Å². The Balaban J connectivity index is 1.81. The lowest BCUT2D eigenvalue weighted by molar-refractivity contribution is -0.123. The number of unbranched alkanes of at least 4 members (excludes halogenated alkanes) is 3. The number of hydrogen-bond donors (Lipinski definition) is 1. The van der Waals surface area contributed by atoms with Crippen LogP contribution in [0.15, 0.2) is 46.0 Å². The molecule has 6 nitrogen and oxygen atoms in total. The highest BCUT2D eigenvalue weighted by molar-refractivity contribution is 9.10. The SMILES string of the molecule is CCCCCCOc1ccc(/C=N/NC(=O)COc2ccc(Br)c(C)c2)cc1OC. The average molecular weight is 477 g/mol. The molecule has 2 rings (SSSR count). The van der Waals surface area contributed by atoms with Gasteiger partial charge in [0, 0.05) is 4.47 Å². The maximum Gasteiger partial charge on any atom is 0.277 e. The molecule has 0 atom stereocenters. The van der Waals surface area contributed by atoms with Crippen molar-refractivity contribution in [2.24, 2.45) is 5.10 Å². The van der Waals surface area contributed by atoms with Crippen LogP contribution in [0.1, 0.15) is 43.7 Å². The van der Waals surface area contributed by atoms with Crippen molar-refractivity contribution in [3.8, 4) is 17.2 Å². The first-order valence-corrected chi connectivity index (χ1v) is 10.8. The van der Waals surface area contributed by atoms with E-state index in [4.69, 9.17) is 14.2 Å². The van der Waals surface area contributed by atoms with Crippen LogP contribution in [-0.4, -0.2) is 32.4 Å². The maximum atomic E-state index is 11.9. The summed E-state index contributed by atoms with van der Waals surface area (Å²) in [6.07, 6.45) is 6.15. The number of nitrogens with zero attached hydrogens (tertiary/aromatic N) is 1. The first-order valence-electron chi connectivity index (χ1n) is 10.0. The van der Waals surface area contributed by atoms with Gasteiger partial charge in [-0.15, -0.1) is 0 Å². The molecule has 0 radical (unpaired) electrons. The fourth-order valence-electron chi connectivity index (χ4n) is 2.66. The minimum Gasteiger partial charge on any atom is -0.493 e. The average Bonchev–Trinajstić information content (AvgIpc) is 2.75. The maximum absolute atomic E-state index is 11.9. The third kappa shape index (κ3) is 8.06. The molecule has 0 aromatic heterocycles. The number of nitrogens with one attached hydrogen (secondary N) is 1. The van der Waals surface area contributed by atoms with Crippen LogP contribution in [0.3, 0.4) is 0 Å². The number of hydrogen-bond acceptors (Lipinski definition) is 5. The van der Waals surface area contributed by atoms with E-state index in [1.807, 2.05) is 37.3 Å². The summed E-state index contributed by atoms with van der Waals surface area (Å²) in [4.78, 5) is 11.9. The van der Waals surface area contributed by atoms with Crippen molar-refractivity contribution < 1.29 is 19.0 Å². The van der Waals surface area contributed by atoms with E-state index in [0.717, 1.165) is 28.4 Å². The summed E-state index contributed by atoms with van der Waals surface area (Å²) in [7, 11) is 1.60. The van der Waals surface area contributed by atoms with Crippen LogP contribution in [0, 0.1) is 6.92 Å². The Kier molecular flexibility index (Phi) is 10.2. The molecule has 30 heavy (non-hydrogen) atoms. The molecule has 0 spiro atoms. The number of methoxy groups -OCH3 is 1. The zero-order chi connectivity index (χ0) is 21.8. The quantitative estimate of drug-likeness (QED) is 0.258. The monoisotopic (exact) mass is 476 g/mol. The van der Waals surface area contributed by atoms with Crippen LogP contribution in [0.2, 0.25) is 0 Å². The van der Waals surface area contributed by atoms with Gasteiger partial charge in [-0.05, 0) is 60.9 Å². The molecule has 1 N–H and O–H groups in total. The van der Waals surface area contributed by atoms with E-state index in [9.17, 15) is 4.79 Å². The van der Waals surface area contributed by atoms with Gasteiger partial charge >= 0.3 is 0 Å². The van der Waals surface area contributed by atoms with E-state index in [2.05, 4.69) is 33.4 Å². The Morgan fingerprint density at radius 3 is 2.67 bits per heavy atom. The lowest BCUT2D eigenvalue weighted by atomic mass is 10.2. The van der Waals surface area contributed by atoms with Gasteiger partial charge in [-0.1, -0.05) is 42.1 Å². The summed E-state index contributed by atoms with van der Waals surface area (Å²) >= 11 is 3.43. The lowest BCUT2D eigenvalue weighted by Crippen LogP contribution is -2.24. The minimum absolute atomic E-state index is 0.119. The van der Waals surface area contributed by atoms with Crippen LogP contribution in [0.5, 0.6) is 17.2 Å². The summed E-state index contributed by atoms with van der Waals surface area (Å²) in [6.45, 7) is 4.69. The summed E-state index contributed by atoms with van der Waals surface area (Å²) in [5.74, 6) is 1.62. The second kappa shape index (κ2) is 12.9. The molecule has 162 valence electrons. The van der Waals surface area contributed by atoms with E-state index in [-0.39, 0.29) is 12.5 Å². The summed E-state index contributed by atoms with van der Waals surface area (Å²) in [5.41, 5.74) is 4.28. The highest BCUT2D eigenvalue weighted by Gasteiger charge is 2.06. The van der Waals surface area contributed by atoms with Crippen molar-refractivity contribution in [3.63, 3.8) is 0 Å². The van der Waals surface area contributed by atoms with Gasteiger partial charge in [0.05, 0.1) is 19.9 Å². The first-order chi connectivity index (χ1) is 14.5. The van der Waals surface area contributed by atoms with Crippen molar-refractivity contribution in [1.29, 1.82) is 0 Å². The van der Waals surface area contributed by atoms with Gasteiger partial charge in [0.1, 0.15) is 5.75 Å². The molecule has 1 amide bonds. The molecule has 0 fully saturated rings. The van der Waals surface area contributed by atoms with Crippen molar-refractivity contribution in [2.75, 3.05) is 20.3 Å². The number of aryl methyl sites for hydroxylation is 1. The molecule has 0 unspecified atom stereocenters. The van der Waals surface area contributed by atoms with Gasteiger partial charge in [-0.2, -0.15) is 5.10 Å². The number of halogens is 1. The third-order valence-corrected chi connectivity index (χ3v) is 5.24. The molecule has 7 heteroatoms. The largest absolute Gasteiger partial charge is 0.493 e. The Labute approximate surface area is 186 Å². The molecular formula is C23H29BrN2O4. The molecule has 0 heterocycles. The number of hydrazone groups is 1. The van der Waals surface area contributed by atoms with Gasteiger partial charge in [0.15, 0.2) is 18.1 Å². The van der Waals surface area contributed by atoms with Crippen LogP contribution >= 0.6 is 15.9 Å². The smallest absolute Gasteiger partial charge is 0.277 e. The predicted octanol–water partition coefficient (Wildman–Crippen LogP) is 5.25. The van der Waals surface area contributed by atoms with Gasteiger partial charge < -0.3 is 14.2 Å². The van der Waals surface area contributed by atoms with Gasteiger partial charge in [-0.25, -0.2) is 5.43 Å². The molecule has 0 bridgehead atoms. The molecule has 2 aromatic rings. The van der Waals surface area contributed by atoms with E-state index >= 15 is 0 Å². The van der Waals surface area contributed by atoms with E-state index in [0.29, 0.717) is 23.9 Å². The van der Waals surface area contributed by atoms with Gasteiger partial charge in [0.2, 0.25) is 0 Å². The zero-order valence-electron chi connectivity index (χ0n) is 17.7. The molecule has 0 aliphatic rings. The number of rotatable bonds is 12. The lowest BCUT2D eigenvalue weighted by Gasteiger charge is -2.11. The molecular weight excluding hydrogens is 448 g/mol. The number of amides is 1. The van der Waals surface area contributed by atoms with E-state index in [1.54, 1.807) is 19.4 Å². The first kappa shape index (κ1) is 23.7. The molecule has 0 saturated heterocycles. The highest BCUT2D eigenvalue weighted by atomic mass is 79.9. The molecule has 0 aliphatic heterocycles. The Morgan fingerprint density at radius 1 is 1.10 bits per heavy atom. The summed E-state index contributed by atoms with van der Waals surface area (Å²) in [5, 5.41) is 3.98. The number of benzene rings is 2. The van der Waals surface area contributed by atoms with Crippen molar-refractivity contribution in [3.05, 3.63) is 52.0 Å². The normalized spacial score (nSPS) is 10.8.